The number of carbonyl (C=O) groups excluding carboxylic acids is 1. The molecule has 0 fully saturated rings. The van der Waals surface area contributed by atoms with Crippen molar-refractivity contribution in [3.8, 4) is 5.75 Å². The first-order valence-electron chi connectivity index (χ1n) is 5.24. The van der Waals surface area contributed by atoms with Crippen LogP contribution in [0.1, 0.15) is 25.5 Å². The molecule has 0 radical (unpaired) electrons. The molecule has 0 heterocycles. The summed E-state index contributed by atoms with van der Waals surface area (Å²) in [7, 11) is 1.62. The normalized spacial score (nSPS) is 14.0. The van der Waals surface area contributed by atoms with E-state index in [1.54, 1.807) is 14.0 Å². The van der Waals surface area contributed by atoms with Gasteiger partial charge in [-0.15, -0.1) is 0 Å². The van der Waals surface area contributed by atoms with Crippen molar-refractivity contribution < 1.29 is 9.53 Å². The highest BCUT2D eigenvalue weighted by atomic mass is 16.5. The number of nitrogens with two attached hydrogens (primary N) is 1. The summed E-state index contributed by atoms with van der Waals surface area (Å²) in [4.78, 5) is 11.4. The van der Waals surface area contributed by atoms with Gasteiger partial charge in [-0.25, -0.2) is 0 Å². The minimum Gasteiger partial charge on any atom is -0.497 e. The van der Waals surface area contributed by atoms with Crippen LogP contribution in [0.4, 0.5) is 0 Å². The zero-order valence-corrected chi connectivity index (χ0v) is 9.86. The molecular weight excluding hydrogens is 204 g/mol. The third-order valence-electron chi connectivity index (χ3n) is 2.39. The molecule has 1 amide bonds. The molecule has 0 aliphatic carbocycles. The Morgan fingerprint density at radius 1 is 1.31 bits per heavy atom. The SMILES string of the molecule is COc1ccc(C(C)NC(=O)C(C)N)cc1. The molecule has 4 heteroatoms. The van der Waals surface area contributed by atoms with Crippen molar-refractivity contribution in [1.29, 1.82) is 0 Å². The molecule has 4 nitrogen and oxygen atoms in total. The topological polar surface area (TPSA) is 64.3 Å². The summed E-state index contributed by atoms with van der Waals surface area (Å²) in [6, 6.07) is 7.04. The molecule has 1 rings (SSSR count). The Hall–Kier alpha value is -1.55. The fraction of sp³-hybridized carbons (Fsp3) is 0.417. The average Bonchev–Trinajstić information content (AvgIpc) is 2.28. The summed E-state index contributed by atoms with van der Waals surface area (Å²) in [5.41, 5.74) is 6.50. The summed E-state index contributed by atoms with van der Waals surface area (Å²) in [6.45, 7) is 3.58. The fourth-order valence-electron chi connectivity index (χ4n) is 1.32. The van der Waals surface area contributed by atoms with Crippen LogP contribution in [-0.4, -0.2) is 19.1 Å². The van der Waals surface area contributed by atoms with Gasteiger partial charge in [0, 0.05) is 0 Å². The van der Waals surface area contributed by atoms with Crippen LogP contribution in [0.25, 0.3) is 0 Å². The van der Waals surface area contributed by atoms with Gasteiger partial charge < -0.3 is 15.8 Å². The second kappa shape index (κ2) is 5.51. The van der Waals surface area contributed by atoms with E-state index in [0.29, 0.717) is 0 Å². The van der Waals surface area contributed by atoms with E-state index in [1.807, 2.05) is 31.2 Å². The average molecular weight is 222 g/mol. The van der Waals surface area contributed by atoms with Crippen LogP contribution in [0.2, 0.25) is 0 Å². The van der Waals surface area contributed by atoms with E-state index in [9.17, 15) is 4.79 Å². The Balaban J connectivity index is 2.65. The number of carbonyl (C=O) groups is 1. The quantitative estimate of drug-likeness (QED) is 0.805. The highest BCUT2D eigenvalue weighted by Crippen LogP contribution is 2.17. The van der Waals surface area contributed by atoms with Gasteiger partial charge in [0.1, 0.15) is 5.75 Å². The maximum Gasteiger partial charge on any atom is 0.237 e. The zero-order chi connectivity index (χ0) is 12.1. The van der Waals surface area contributed by atoms with Gasteiger partial charge in [-0.05, 0) is 31.5 Å². The molecule has 1 aromatic rings. The molecule has 0 saturated heterocycles. The standard InChI is InChI=1S/C12H18N2O2/c1-8(13)12(15)14-9(2)10-4-6-11(16-3)7-5-10/h4-9H,13H2,1-3H3,(H,14,15). The molecular formula is C12H18N2O2. The van der Waals surface area contributed by atoms with Crippen LogP contribution >= 0.6 is 0 Å². The summed E-state index contributed by atoms with van der Waals surface area (Å²) < 4.78 is 5.06. The molecule has 0 aromatic heterocycles. The molecule has 3 N–H and O–H groups in total. The highest BCUT2D eigenvalue weighted by molar-refractivity contribution is 5.81. The second-order valence-electron chi connectivity index (χ2n) is 3.79. The van der Waals surface area contributed by atoms with Crippen molar-refractivity contribution >= 4 is 5.91 Å². The van der Waals surface area contributed by atoms with Gasteiger partial charge in [-0.2, -0.15) is 0 Å². The summed E-state index contributed by atoms with van der Waals surface area (Å²) >= 11 is 0. The number of rotatable bonds is 4. The molecule has 0 bridgehead atoms. The summed E-state index contributed by atoms with van der Waals surface area (Å²) in [6.07, 6.45) is 0. The van der Waals surface area contributed by atoms with Crippen LogP contribution in [0.3, 0.4) is 0 Å². The minimum absolute atomic E-state index is 0.0515. The predicted molar refractivity (Wildman–Crippen MR) is 63.2 cm³/mol. The Kier molecular flexibility index (Phi) is 4.31. The van der Waals surface area contributed by atoms with Crippen LogP contribution in [-0.2, 0) is 4.79 Å². The van der Waals surface area contributed by atoms with Gasteiger partial charge in [-0.1, -0.05) is 12.1 Å². The predicted octanol–water partition coefficient (Wildman–Crippen LogP) is 1.22. The monoisotopic (exact) mass is 222 g/mol. The largest absolute Gasteiger partial charge is 0.497 e. The fourth-order valence-corrected chi connectivity index (χ4v) is 1.32. The lowest BCUT2D eigenvalue weighted by Crippen LogP contribution is -2.39. The van der Waals surface area contributed by atoms with Gasteiger partial charge in [0.05, 0.1) is 19.2 Å². The highest BCUT2D eigenvalue weighted by Gasteiger charge is 2.12. The third kappa shape index (κ3) is 3.24. The first kappa shape index (κ1) is 12.5. The first-order chi connectivity index (χ1) is 7.54. The number of hydrogen-bond donors (Lipinski definition) is 2. The van der Waals surface area contributed by atoms with Crippen LogP contribution in [0.5, 0.6) is 5.75 Å². The molecule has 88 valence electrons. The molecule has 0 aliphatic heterocycles. The molecule has 0 saturated carbocycles. The lowest BCUT2D eigenvalue weighted by atomic mass is 10.1. The Labute approximate surface area is 95.8 Å². The van der Waals surface area contributed by atoms with Gasteiger partial charge in [-0.3, -0.25) is 4.79 Å². The van der Waals surface area contributed by atoms with Crippen molar-refractivity contribution in [1.82, 2.24) is 5.32 Å². The maximum absolute atomic E-state index is 11.4. The third-order valence-corrected chi connectivity index (χ3v) is 2.39. The minimum atomic E-state index is -0.485. The van der Waals surface area contributed by atoms with E-state index in [4.69, 9.17) is 10.5 Å². The van der Waals surface area contributed by atoms with Crippen molar-refractivity contribution in [2.24, 2.45) is 5.73 Å². The van der Waals surface area contributed by atoms with Crippen molar-refractivity contribution in [2.75, 3.05) is 7.11 Å². The van der Waals surface area contributed by atoms with E-state index < -0.39 is 6.04 Å². The number of methoxy groups -OCH3 is 1. The van der Waals surface area contributed by atoms with Gasteiger partial charge >= 0.3 is 0 Å². The number of ether oxygens (including phenoxy) is 1. The molecule has 2 unspecified atom stereocenters. The van der Waals surface area contributed by atoms with Crippen molar-refractivity contribution in [2.45, 2.75) is 25.9 Å². The Morgan fingerprint density at radius 2 is 1.88 bits per heavy atom. The van der Waals surface area contributed by atoms with E-state index in [-0.39, 0.29) is 11.9 Å². The van der Waals surface area contributed by atoms with Crippen LogP contribution in [0, 0.1) is 0 Å². The summed E-state index contributed by atoms with van der Waals surface area (Å²) in [5.74, 6) is 0.651. The molecule has 2 atom stereocenters. The van der Waals surface area contributed by atoms with Gasteiger partial charge in [0.25, 0.3) is 0 Å². The van der Waals surface area contributed by atoms with Crippen molar-refractivity contribution in [3.63, 3.8) is 0 Å². The summed E-state index contributed by atoms with van der Waals surface area (Å²) in [5, 5.41) is 2.83. The van der Waals surface area contributed by atoms with Crippen LogP contribution < -0.4 is 15.8 Å². The van der Waals surface area contributed by atoms with Gasteiger partial charge in [0.15, 0.2) is 0 Å². The lowest BCUT2D eigenvalue weighted by Gasteiger charge is -2.16. The van der Waals surface area contributed by atoms with E-state index in [2.05, 4.69) is 5.32 Å². The van der Waals surface area contributed by atoms with E-state index >= 15 is 0 Å². The smallest absolute Gasteiger partial charge is 0.237 e. The van der Waals surface area contributed by atoms with Crippen molar-refractivity contribution in [3.05, 3.63) is 29.8 Å². The maximum atomic E-state index is 11.4. The number of amides is 1. The number of nitrogens with one attached hydrogen (secondary N) is 1. The van der Waals surface area contributed by atoms with Crippen LogP contribution in [0.15, 0.2) is 24.3 Å². The number of benzene rings is 1. The lowest BCUT2D eigenvalue weighted by molar-refractivity contribution is -0.122. The van der Waals surface area contributed by atoms with Gasteiger partial charge in [0.2, 0.25) is 5.91 Å². The second-order valence-corrected chi connectivity index (χ2v) is 3.79. The Bertz CT molecular complexity index is 347. The molecule has 16 heavy (non-hydrogen) atoms. The molecule has 1 aromatic carbocycles. The van der Waals surface area contributed by atoms with E-state index in [0.717, 1.165) is 11.3 Å². The zero-order valence-electron chi connectivity index (χ0n) is 9.86. The number of hydrogen-bond acceptors (Lipinski definition) is 3. The first-order valence-corrected chi connectivity index (χ1v) is 5.24. The van der Waals surface area contributed by atoms with E-state index in [1.165, 1.54) is 0 Å². The molecule has 0 spiro atoms. The Morgan fingerprint density at radius 3 is 2.31 bits per heavy atom. The molecule has 0 aliphatic rings.